The average Bonchev–Trinajstić information content (AvgIpc) is 3.48. The molecule has 8 nitrogen and oxygen atoms in total. The van der Waals surface area contributed by atoms with Crippen LogP contribution in [0, 0.1) is 13.8 Å². The topological polar surface area (TPSA) is 80.7 Å². The highest BCUT2D eigenvalue weighted by Gasteiger charge is 2.42. The number of aromatic nitrogens is 2. The lowest BCUT2D eigenvalue weighted by Gasteiger charge is -2.29. The van der Waals surface area contributed by atoms with Gasteiger partial charge in [-0.15, -0.1) is 0 Å². The highest BCUT2D eigenvalue weighted by Crippen LogP contribution is 2.45. The zero-order chi connectivity index (χ0) is 28.4. The fourth-order valence-corrected chi connectivity index (χ4v) is 5.70. The van der Waals surface area contributed by atoms with Crippen molar-refractivity contribution < 1.29 is 14.3 Å². The Morgan fingerprint density at radius 3 is 2.55 bits per heavy atom. The van der Waals surface area contributed by atoms with E-state index in [1.807, 2.05) is 61.5 Å². The van der Waals surface area contributed by atoms with Gasteiger partial charge in [-0.25, -0.2) is 0 Å². The van der Waals surface area contributed by atoms with Crippen LogP contribution >= 0.6 is 12.2 Å². The number of anilines is 2. The molecule has 206 valence electrons. The van der Waals surface area contributed by atoms with Gasteiger partial charge in [0.25, 0.3) is 0 Å². The molecular weight excluding hydrogens is 522 g/mol. The average molecular weight is 556 g/mol. The summed E-state index contributed by atoms with van der Waals surface area (Å²) in [6.07, 6.45) is 2.18. The van der Waals surface area contributed by atoms with Crippen molar-refractivity contribution in [2.24, 2.45) is 0 Å². The first-order valence-corrected chi connectivity index (χ1v) is 13.6. The molecule has 40 heavy (non-hydrogen) atoms. The second-order valence-electron chi connectivity index (χ2n) is 9.65. The van der Waals surface area contributed by atoms with E-state index in [2.05, 4.69) is 51.1 Å². The van der Waals surface area contributed by atoms with Crippen molar-refractivity contribution in [3.05, 3.63) is 95.6 Å². The molecule has 0 bridgehead atoms. The first kappa shape index (κ1) is 27.2. The largest absolute Gasteiger partial charge is 0.497 e. The SMILES string of the molecule is CCC(=O)Nc1ccc(N2C(=S)N[C@@H](c3ccccn3)[C@H]2c2cc(C)n(-c3cccc(OC)c3)c2C)cc1OC. The maximum absolute atomic E-state index is 12.1. The first-order chi connectivity index (χ1) is 19.4. The summed E-state index contributed by atoms with van der Waals surface area (Å²) in [5.74, 6) is 1.28. The van der Waals surface area contributed by atoms with Gasteiger partial charge in [-0.1, -0.05) is 19.1 Å². The third kappa shape index (κ3) is 5.00. The highest BCUT2D eigenvalue weighted by molar-refractivity contribution is 7.80. The minimum absolute atomic E-state index is 0.0810. The Balaban J connectivity index is 1.64. The normalized spacial score (nSPS) is 16.5. The summed E-state index contributed by atoms with van der Waals surface area (Å²) in [4.78, 5) is 18.9. The Morgan fingerprint density at radius 1 is 1.02 bits per heavy atom. The summed E-state index contributed by atoms with van der Waals surface area (Å²) in [5, 5.41) is 7.02. The molecule has 1 aliphatic heterocycles. The molecule has 0 aliphatic carbocycles. The van der Waals surface area contributed by atoms with Crippen LogP contribution < -0.4 is 25.0 Å². The molecule has 0 saturated carbocycles. The van der Waals surface area contributed by atoms with Crippen LogP contribution in [-0.4, -0.2) is 34.8 Å². The molecule has 5 rings (SSSR count). The van der Waals surface area contributed by atoms with Crippen molar-refractivity contribution >= 4 is 34.6 Å². The zero-order valence-corrected chi connectivity index (χ0v) is 24.1. The number of benzene rings is 2. The molecule has 1 aliphatic rings. The van der Waals surface area contributed by atoms with Gasteiger partial charge in [0.1, 0.15) is 11.5 Å². The van der Waals surface area contributed by atoms with Gasteiger partial charge in [0.15, 0.2) is 5.11 Å². The predicted octanol–water partition coefficient (Wildman–Crippen LogP) is 6.03. The lowest BCUT2D eigenvalue weighted by molar-refractivity contribution is -0.115. The summed E-state index contributed by atoms with van der Waals surface area (Å²) in [5.41, 5.74) is 6.67. The number of nitrogens with zero attached hydrogens (tertiary/aromatic N) is 3. The van der Waals surface area contributed by atoms with Gasteiger partial charge < -0.3 is 29.6 Å². The van der Waals surface area contributed by atoms with E-state index >= 15 is 0 Å². The number of methoxy groups -OCH3 is 2. The van der Waals surface area contributed by atoms with Crippen LogP contribution in [0.5, 0.6) is 11.5 Å². The van der Waals surface area contributed by atoms with E-state index in [0.29, 0.717) is 23.0 Å². The maximum Gasteiger partial charge on any atom is 0.224 e. The summed E-state index contributed by atoms with van der Waals surface area (Å²) in [7, 11) is 3.27. The number of carbonyl (C=O) groups is 1. The molecule has 0 radical (unpaired) electrons. The molecule has 1 saturated heterocycles. The number of ether oxygens (including phenoxy) is 2. The van der Waals surface area contributed by atoms with Gasteiger partial charge in [0, 0.05) is 47.5 Å². The van der Waals surface area contributed by atoms with Gasteiger partial charge in [0.05, 0.1) is 37.7 Å². The van der Waals surface area contributed by atoms with Crippen LogP contribution in [0.25, 0.3) is 5.69 Å². The number of hydrogen-bond acceptors (Lipinski definition) is 5. The Labute approximate surface area is 239 Å². The second kappa shape index (κ2) is 11.4. The van der Waals surface area contributed by atoms with Crippen molar-refractivity contribution in [3.8, 4) is 17.2 Å². The van der Waals surface area contributed by atoms with Crippen molar-refractivity contribution in [1.29, 1.82) is 0 Å². The number of carbonyl (C=O) groups excluding carboxylic acids is 1. The third-order valence-corrected chi connectivity index (χ3v) is 7.57. The fraction of sp³-hybridized carbons (Fsp3) is 0.258. The minimum atomic E-state index is -0.200. The fourth-order valence-electron chi connectivity index (χ4n) is 5.35. The van der Waals surface area contributed by atoms with E-state index in [1.165, 1.54) is 0 Å². The van der Waals surface area contributed by atoms with E-state index in [9.17, 15) is 4.79 Å². The number of hydrogen-bond donors (Lipinski definition) is 2. The number of nitrogens with one attached hydrogen (secondary N) is 2. The van der Waals surface area contributed by atoms with Gasteiger partial charge in [-0.3, -0.25) is 9.78 Å². The number of aryl methyl sites for hydroxylation is 1. The smallest absolute Gasteiger partial charge is 0.224 e. The van der Waals surface area contributed by atoms with Crippen LogP contribution in [0.3, 0.4) is 0 Å². The molecule has 4 aromatic rings. The molecular formula is C31H33N5O3S. The highest BCUT2D eigenvalue weighted by atomic mass is 32.1. The van der Waals surface area contributed by atoms with E-state index in [4.69, 9.17) is 21.7 Å². The standard InChI is InChI=1S/C31H33N5O3S/c1-6-28(37)33-25-14-13-22(18-27(25)39-5)36-30(29(34-31(36)40)26-12-7-8-15-32-26)24-16-19(2)35(20(24)3)21-10-9-11-23(17-21)38-4/h7-18,29-30H,6H2,1-5H3,(H,33,37)(H,34,40)/t29-,30+/m0/s1. The van der Waals surface area contributed by atoms with Crippen molar-refractivity contribution in [1.82, 2.24) is 14.9 Å². The van der Waals surface area contributed by atoms with Gasteiger partial charge >= 0.3 is 0 Å². The quantitative estimate of drug-likeness (QED) is 0.257. The van der Waals surface area contributed by atoms with Crippen molar-refractivity contribution in [2.45, 2.75) is 39.3 Å². The summed E-state index contributed by atoms with van der Waals surface area (Å²) in [6.45, 7) is 6.04. The van der Waals surface area contributed by atoms with E-state index in [0.717, 1.165) is 39.8 Å². The van der Waals surface area contributed by atoms with Crippen LogP contribution in [0.2, 0.25) is 0 Å². The molecule has 1 amide bonds. The summed E-state index contributed by atoms with van der Waals surface area (Å²) in [6, 6.07) is 21.5. The molecule has 2 N–H and O–H groups in total. The number of rotatable bonds is 8. The molecule has 2 aromatic carbocycles. The van der Waals surface area contributed by atoms with Gasteiger partial charge in [-0.2, -0.15) is 0 Å². The predicted molar refractivity (Wildman–Crippen MR) is 162 cm³/mol. The summed E-state index contributed by atoms with van der Waals surface area (Å²) < 4.78 is 13.4. The van der Waals surface area contributed by atoms with Crippen LogP contribution in [0.15, 0.2) is 72.9 Å². The van der Waals surface area contributed by atoms with Gasteiger partial charge in [-0.05, 0) is 74.1 Å². The zero-order valence-electron chi connectivity index (χ0n) is 23.3. The Kier molecular flexibility index (Phi) is 7.75. The molecule has 0 spiro atoms. The van der Waals surface area contributed by atoms with E-state index in [-0.39, 0.29) is 18.0 Å². The monoisotopic (exact) mass is 555 g/mol. The molecule has 9 heteroatoms. The molecule has 1 fully saturated rings. The van der Waals surface area contributed by atoms with Crippen molar-refractivity contribution in [3.63, 3.8) is 0 Å². The second-order valence-corrected chi connectivity index (χ2v) is 10.0. The Bertz CT molecular complexity index is 1550. The Morgan fingerprint density at radius 2 is 1.85 bits per heavy atom. The first-order valence-electron chi connectivity index (χ1n) is 13.2. The maximum atomic E-state index is 12.1. The lowest BCUT2D eigenvalue weighted by atomic mass is 9.96. The third-order valence-electron chi connectivity index (χ3n) is 7.26. The van der Waals surface area contributed by atoms with E-state index < -0.39 is 0 Å². The van der Waals surface area contributed by atoms with Gasteiger partial charge in [0.2, 0.25) is 5.91 Å². The number of amides is 1. The Hall–Kier alpha value is -4.37. The van der Waals surface area contributed by atoms with Crippen LogP contribution in [0.4, 0.5) is 11.4 Å². The number of thiocarbonyl (C=S) groups is 1. The molecule has 2 atom stereocenters. The molecule has 2 aromatic heterocycles. The van der Waals surface area contributed by atoms with Crippen LogP contribution in [0.1, 0.15) is 48.1 Å². The van der Waals surface area contributed by atoms with Crippen LogP contribution in [-0.2, 0) is 4.79 Å². The minimum Gasteiger partial charge on any atom is -0.497 e. The number of pyridine rings is 1. The van der Waals surface area contributed by atoms with E-state index in [1.54, 1.807) is 20.4 Å². The summed E-state index contributed by atoms with van der Waals surface area (Å²) >= 11 is 5.94. The molecule has 0 unspecified atom stereocenters. The lowest BCUT2D eigenvalue weighted by Crippen LogP contribution is -2.29. The van der Waals surface area contributed by atoms with Crippen molar-refractivity contribution in [2.75, 3.05) is 24.4 Å². The molecule has 3 heterocycles.